The van der Waals surface area contributed by atoms with Crippen LogP contribution in [-0.2, 0) is 22.5 Å². The molecule has 3 aromatic rings. The molecule has 1 aromatic heterocycles. The number of aromatic nitrogens is 1. The lowest BCUT2D eigenvalue weighted by atomic mass is 10.1. The average Bonchev–Trinajstić information content (AvgIpc) is 3.01. The largest absolute Gasteiger partial charge is 0.466 e. The summed E-state index contributed by atoms with van der Waals surface area (Å²) in [6.07, 6.45) is 2.06. The fourth-order valence-corrected chi connectivity index (χ4v) is 3.93. The Bertz CT molecular complexity index is 1070. The Morgan fingerprint density at radius 3 is 2.45 bits per heavy atom. The lowest BCUT2D eigenvalue weighted by molar-refractivity contribution is -0.142. The summed E-state index contributed by atoms with van der Waals surface area (Å²) in [4.78, 5) is 11.7. The number of rotatable bonds is 8. The molecule has 0 saturated carbocycles. The molecule has 0 amide bonds. The maximum absolute atomic E-state index is 11.7. The van der Waals surface area contributed by atoms with Gasteiger partial charge in [-0.15, -0.1) is 0 Å². The summed E-state index contributed by atoms with van der Waals surface area (Å²) in [5.74, 6) is -0.215. The third kappa shape index (κ3) is 5.69. The molecular formula is C24H25Cl2N3O2. The van der Waals surface area contributed by atoms with E-state index in [1.165, 1.54) is 0 Å². The van der Waals surface area contributed by atoms with Gasteiger partial charge in [0.25, 0.3) is 0 Å². The Balaban J connectivity index is 1.70. The highest BCUT2D eigenvalue weighted by Crippen LogP contribution is 2.24. The zero-order chi connectivity index (χ0) is 22.4. The van der Waals surface area contributed by atoms with Crippen LogP contribution in [-0.4, -0.2) is 23.4 Å². The molecule has 5 nitrogen and oxygen atoms in total. The predicted molar refractivity (Wildman–Crippen MR) is 126 cm³/mol. The molecule has 31 heavy (non-hydrogen) atoms. The summed E-state index contributed by atoms with van der Waals surface area (Å²) >= 11 is 12.4. The van der Waals surface area contributed by atoms with E-state index in [-0.39, 0.29) is 12.4 Å². The van der Waals surface area contributed by atoms with Crippen molar-refractivity contribution in [1.82, 2.24) is 9.99 Å². The summed E-state index contributed by atoms with van der Waals surface area (Å²) in [5.41, 5.74) is 8.94. The highest BCUT2D eigenvalue weighted by Gasteiger charge is 2.11. The Hall–Kier alpha value is -2.76. The SMILES string of the molecule is CCOC(=O)Cc1ccc(-n2c(C)cc(/C=N/NCc3c(Cl)cccc3Cl)c2C)cc1. The minimum atomic E-state index is -0.215. The molecule has 0 saturated heterocycles. The van der Waals surface area contributed by atoms with Crippen molar-refractivity contribution < 1.29 is 9.53 Å². The van der Waals surface area contributed by atoms with Crippen molar-refractivity contribution in [3.63, 3.8) is 0 Å². The number of carbonyl (C=O) groups excluding carboxylic acids is 1. The number of hydrogen-bond acceptors (Lipinski definition) is 4. The van der Waals surface area contributed by atoms with E-state index in [9.17, 15) is 4.79 Å². The van der Waals surface area contributed by atoms with Crippen LogP contribution >= 0.6 is 23.2 Å². The van der Waals surface area contributed by atoms with E-state index >= 15 is 0 Å². The van der Waals surface area contributed by atoms with Gasteiger partial charge in [-0.2, -0.15) is 5.10 Å². The van der Waals surface area contributed by atoms with Crippen LogP contribution in [0, 0.1) is 13.8 Å². The zero-order valence-corrected chi connectivity index (χ0v) is 19.3. The van der Waals surface area contributed by atoms with Crippen LogP contribution in [0.15, 0.2) is 53.6 Å². The smallest absolute Gasteiger partial charge is 0.310 e. The molecule has 2 aromatic carbocycles. The third-order valence-corrected chi connectivity index (χ3v) is 5.64. The van der Waals surface area contributed by atoms with Crippen molar-refractivity contribution >= 4 is 35.4 Å². The number of aryl methyl sites for hydroxylation is 1. The van der Waals surface area contributed by atoms with Crippen molar-refractivity contribution in [1.29, 1.82) is 0 Å². The Morgan fingerprint density at radius 2 is 1.81 bits per heavy atom. The van der Waals surface area contributed by atoms with Gasteiger partial charge in [0.1, 0.15) is 0 Å². The molecule has 1 N–H and O–H groups in total. The topological polar surface area (TPSA) is 55.6 Å². The van der Waals surface area contributed by atoms with Crippen LogP contribution in [0.2, 0.25) is 10.0 Å². The first-order valence-electron chi connectivity index (χ1n) is 10.0. The summed E-state index contributed by atoms with van der Waals surface area (Å²) in [7, 11) is 0. The third-order valence-electron chi connectivity index (χ3n) is 4.93. The Kier molecular flexibility index (Phi) is 7.77. The van der Waals surface area contributed by atoms with Crippen molar-refractivity contribution in [2.45, 2.75) is 33.7 Å². The number of nitrogens with one attached hydrogen (secondary N) is 1. The second-order valence-electron chi connectivity index (χ2n) is 7.10. The van der Waals surface area contributed by atoms with Crippen LogP contribution in [0.1, 0.15) is 35.0 Å². The number of esters is 1. The molecule has 3 rings (SSSR count). The molecule has 0 radical (unpaired) electrons. The number of benzene rings is 2. The zero-order valence-electron chi connectivity index (χ0n) is 17.8. The van der Waals surface area contributed by atoms with E-state index in [0.717, 1.165) is 33.8 Å². The van der Waals surface area contributed by atoms with E-state index in [4.69, 9.17) is 27.9 Å². The van der Waals surface area contributed by atoms with E-state index in [1.807, 2.05) is 44.2 Å². The second-order valence-corrected chi connectivity index (χ2v) is 7.92. The molecule has 0 aliphatic rings. The first-order chi connectivity index (χ1) is 14.9. The normalized spacial score (nSPS) is 11.1. The quantitative estimate of drug-likeness (QED) is 0.270. The standard InChI is InChI=1S/C24H25Cl2N3O2/c1-4-31-24(30)13-18-8-10-20(11-9-18)29-16(2)12-19(17(29)3)14-27-28-15-21-22(25)6-5-7-23(21)26/h5-12,14,28H,4,13,15H2,1-3H3/b27-14+. The van der Waals surface area contributed by atoms with Crippen molar-refractivity contribution in [3.05, 3.63) is 86.7 Å². The van der Waals surface area contributed by atoms with Gasteiger partial charge in [-0.05, 0) is 56.7 Å². The summed E-state index contributed by atoms with van der Waals surface area (Å²) in [6.45, 7) is 6.74. The van der Waals surface area contributed by atoms with E-state index in [0.29, 0.717) is 23.2 Å². The summed E-state index contributed by atoms with van der Waals surface area (Å²) < 4.78 is 7.16. The monoisotopic (exact) mass is 457 g/mol. The summed E-state index contributed by atoms with van der Waals surface area (Å²) in [6, 6.07) is 15.4. The van der Waals surface area contributed by atoms with E-state index in [2.05, 4.69) is 21.2 Å². The molecule has 0 aliphatic heterocycles. The average molecular weight is 458 g/mol. The molecule has 1 heterocycles. The molecule has 162 valence electrons. The van der Waals surface area contributed by atoms with Gasteiger partial charge in [0.05, 0.1) is 25.8 Å². The van der Waals surface area contributed by atoms with Crippen LogP contribution < -0.4 is 5.43 Å². The molecule has 0 fully saturated rings. The van der Waals surface area contributed by atoms with Gasteiger partial charge in [-0.1, -0.05) is 41.4 Å². The number of halogens is 2. The van der Waals surface area contributed by atoms with Gasteiger partial charge < -0.3 is 14.7 Å². The van der Waals surface area contributed by atoms with Gasteiger partial charge in [-0.3, -0.25) is 4.79 Å². The second kappa shape index (κ2) is 10.5. The van der Waals surface area contributed by atoms with Crippen LogP contribution in [0.4, 0.5) is 0 Å². The van der Waals surface area contributed by atoms with Crippen molar-refractivity contribution in [2.24, 2.45) is 5.10 Å². The van der Waals surface area contributed by atoms with Gasteiger partial charge in [0.2, 0.25) is 0 Å². The van der Waals surface area contributed by atoms with Crippen LogP contribution in [0.25, 0.3) is 5.69 Å². The van der Waals surface area contributed by atoms with Gasteiger partial charge in [0, 0.05) is 38.2 Å². The molecule has 0 spiro atoms. The minimum absolute atomic E-state index is 0.215. The molecule has 0 unspecified atom stereocenters. The van der Waals surface area contributed by atoms with Crippen molar-refractivity contribution in [2.75, 3.05) is 6.61 Å². The first kappa shape index (κ1) is 22.9. The highest BCUT2D eigenvalue weighted by atomic mass is 35.5. The molecule has 0 atom stereocenters. The highest BCUT2D eigenvalue weighted by molar-refractivity contribution is 6.35. The van der Waals surface area contributed by atoms with Crippen LogP contribution in [0.3, 0.4) is 0 Å². The predicted octanol–water partition coefficient (Wildman–Crippen LogP) is 5.63. The van der Waals surface area contributed by atoms with Gasteiger partial charge >= 0.3 is 5.97 Å². The molecule has 7 heteroatoms. The number of carbonyl (C=O) groups is 1. The van der Waals surface area contributed by atoms with Crippen molar-refractivity contribution in [3.8, 4) is 5.69 Å². The molecule has 0 aliphatic carbocycles. The number of nitrogens with zero attached hydrogens (tertiary/aromatic N) is 2. The van der Waals surface area contributed by atoms with E-state index in [1.54, 1.807) is 25.3 Å². The van der Waals surface area contributed by atoms with Gasteiger partial charge in [-0.25, -0.2) is 0 Å². The lowest BCUT2D eigenvalue weighted by Crippen LogP contribution is -2.08. The summed E-state index contributed by atoms with van der Waals surface area (Å²) in [5, 5.41) is 5.56. The fourth-order valence-electron chi connectivity index (χ4n) is 3.40. The minimum Gasteiger partial charge on any atom is -0.466 e. The maximum atomic E-state index is 11.7. The van der Waals surface area contributed by atoms with Crippen LogP contribution in [0.5, 0.6) is 0 Å². The lowest BCUT2D eigenvalue weighted by Gasteiger charge is -2.10. The molecule has 0 bridgehead atoms. The number of hydrogen-bond donors (Lipinski definition) is 1. The Labute approximate surface area is 192 Å². The molecular weight excluding hydrogens is 433 g/mol. The maximum Gasteiger partial charge on any atom is 0.310 e. The van der Waals surface area contributed by atoms with E-state index < -0.39 is 0 Å². The fraction of sp³-hybridized carbons (Fsp3) is 0.250. The number of hydrazone groups is 1. The number of ether oxygens (including phenoxy) is 1. The first-order valence-corrected chi connectivity index (χ1v) is 10.8. The van der Waals surface area contributed by atoms with Gasteiger partial charge in [0.15, 0.2) is 0 Å². The Morgan fingerprint density at radius 1 is 1.13 bits per heavy atom.